The zero-order chi connectivity index (χ0) is 31.1. The Labute approximate surface area is 256 Å². The fourth-order valence-electron chi connectivity index (χ4n) is 5.64. The lowest BCUT2D eigenvalue weighted by Gasteiger charge is -2.34. The lowest BCUT2D eigenvalue weighted by molar-refractivity contribution is -0.127. The summed E-state index contributed by atoms with van der Waals surface area (Å²) in [5, 5.41) is 11.6. The second kappa shape index (κ2) is 14.0. The van der Waals surface area contributed by atoms with E-state index in [1.807, 2.05) is 24.3 Å². The number of nitrogens with one attached hydrogen (secondary N) is 1. The van der Waals surface area contributed by atoms with Crippen molar-refractivity contribution in [2.45, 2.75) is 57.7 Å². The molecule has 0 bridgehead atoms. The zero-order valence-electron chi connectivity index (χ0n) is 25.2. The minimum atomic E-state index is -1.11. The average Bonchev–Trinajstić information content (AvgIpc) is 3.46. The first-order valence-electron chi connectivity index (χ1n) is 14.8. The van der Waals surface area contributed by atoms with Crippen molar-refractivity contribution in [1.82, 2.24) is 20.3 Å². The lowest BCUT2D eigenvalue weighted by Crippen LogP contribution is -2.48. The number of amides is 2. The second-order valence-corrected chi connectivity index (χ2v) is 10.6. The first kappa shape index (κ1) is 30.5. The summed E-state index contributed by atoms with van der Waals surface area (Å²) in [6, 6.07) is 17.9. The maximum absolute atomic E-state index is 14.4. The highest BCUT2D eigenvalue weighted by molar-refractivity contribution is 6.02. The molecule has 2 amide bonds. The van der Waals surface area contributed by atoms with Crippen LogP contribution in [0.3, 0.4) is 0 Å². The number of carbonyl (C=O) groups excluding carboxylic acids is 3. The molecule has 11 heteroatoms. The molecule has 11 nitrogen and oxygen atoms in total. The predicted molar refractivity (Wildman–Crippen MR) is 165 cm³/mol. The van der Waals surface area contributed by atoms with Gasteiger partial charge in [-0.15, -0.1) is 5.10 Å². The number of hydrogen-bond acceptors (Lipinski definition) is 8. The van der Waals surface area contributed by atoms with Crippen LogP contribution in [0.1, 0.15) is 61.0 Å². The van der Waals surface area contributed by atoms with Gasteiger partial charge in [-0.05, 0) is 67.8 Å². The topological polar surface area (TPSA) is 125 Å². The Hall–Kier alpha value is -4.93. The Morgan fingerprint density at radius 2 is 1.73 bits per heavy atom. The van der Waals surface area contributed by atoms with Crippen molar-refractivity contribution < 1.29 is 28.6 Å². The average molecular weight is 600 g/mol. The van der Waals surface area contributed by atoms with Gasteiger partial charge in [-0.3, -0.25) is 14.5 Å². The Morgan fingerprint density at radius 1 is 0.955 bits per heavy atom. The summed E-state index contributed by atoms with van der Waals surface area (Å²) in [6.07, 6.45) is 4.90. The molecule has 0 spiro atoms. The second-order valence-electron chi connectivity index (χ2n) is 10.6. The number of rotatable bonds is 11. The zero-order valence-corrected chi connectivity index (χ0v) is 25.2. The first-order chi connectivity index (χ1) is 21.4. The molecule has 0 aliphatic heterocycles. The Bertz CT molecular complexity index is 1630. The van der Waals surface area contributed by atoms with Gasteiger partial charge < -0.3 is 19.5 Å². The molecule has 1 heterocycles. The maximum Gasteiger partial charge on any atom is 0.338 e. The molecule has 1 saturated carbocycles. The van der Waals surface area contributed by atoms with Gasteiger partial charge in [0.2, 0.25) is 11.8 Å². The van der Waals surface area contributed by atoms with E-state index in [4.69, 9.17) is 14.2 Å². The van der Waals surface area contributed by atoms with Gasteiger partial charge in [0.15, 0.2) is 11.5 Å². The Morgan fingerprint density at radius 3 is 2.48 bits per heavy atom. The van der Waals surface area contributed by atoms with Gasteiger partial charge in [0.25, 0.3) is 0 Å². The minimum Gasteiger partial charge on any atom is -0.493 e. The summed E-state index contributed by atoms with van der Waals surface area (Å²) in [4.78, 5) is 42.9. The number of aromatic nitrogens is 3. The number of hydrogen-bond donors (Lipinski definition) is 1. The van der Waals surface area contributed by atoms with Gasteiger partial charge in [0.05, 0.1) is 31.9 Å². The summed E-state index contributed by atoms with van der Waals surface area (Å²) in [6.45, 7) is 1.72. The van der Waals surface area contributed by atoms with Crippen molar-refractivity contribution in [3.8, 4) is 11.5 Å². The maximum atomic E-state index is 14.4. The van der Waals surface area contributed by atoms with E-state index < -0.39 is 17.9 Å². The molecule has 3 aromatic carbocycles. The van der Waals surface area contributed by atoms with E-state index in [1.54, 1.807) is 49.4 Å². The molecule has 1 aliphatic rings. The Balaban J connectivity index is 1.63. The first-order valence-corrected chi connectivity index (χ1v) is 14.8. The van der Waals surface area contributed by atoms with E-state index in [1.165, 1.54) is 23.8 Å². The quantitative estimate of drug-likeness (QED) is 0.243. The molecule has 1 aromatic heterocycles. The van der Waals surface area contributed by atoms with Gasteiger partial charge in [0, 0.05) is 11.7 Å². The minimum absolute atomic E-state index is 0.0130. The highest BCUT2D eigenvalue weighted by atomic mass is 16.5. The number of ether oxygens (including phenoxy) is 3. The van der Waals surface area contributed by atoms with Crippen molar-refractivity contribution in [1.29, 1.82) is 0 Å². The number of nitrogens with zero attached hydrogens (tertiary/aromatic N) is 4. The summed E-state index contributed by atoms with van der Waals surface area (Å²) in [5.41, 5.74) is 2.43. The molecule has 5 rings (SSSR count). The van der Waals surface area contributed by atoms with Crippen LogP contribution in [0, 0.1) is 0 Å². The third-order valence-corrected chi connectivity index (χ3v) is 7.79. The van der Waals surface area contributed by atoms with E-state index in [2.05, 4.69) is 15.6 Å². The molecular weight excluding hydrogens is 562 g/mol. The highest BCUT2D eigenvalue weighted by Gasteiger charge is 2.35. The normalized spacial score (nSPS) is 14.1. The van der Waals surface area contributed by atoms with Crippen LogP contribution >= 0.6 is 0 Å². The molecule has 0 saturated heterocycles. The van der Waals surface area contributed by atoms with Crippen LogP contribution in [0.25, 0.3) is 11.0 Å². The number of benzene rings is 3. The standard InChI is InChI=1S/C33H37N5O6/c1-4-44-33(41)23-11-10-14-25(19-23)38(30(39)21-37-27-16-9-8-15-26(27)35-36-37)31(32(40)34-24-12-6-5-7-13-24)22-17-18-28(42-2)29(20-22)43-3/h8-11,14-20,24,31H,4-7,12-13,21H2,1-3H3,(H,34,40)/t31-/m0/s1. The van der Waals surface area contributed by atoms with Crippen molar-refractivity contribution in [2.75, 3.05) is 25.7 Å². The van der Waals surface area contributed by atoms with E-state index in [-0.39, 0.29) is 30.7 Å². The molecule has 44 heavy (non-hydrogen) atoms. The summed E-state index contributed by atoms with van der Waals surface area (Å²) < 4.78 is 17.8. The monoisotopic (exact) mass is 599 g/mol. The number of methoxy groups -OCH3 is 2. The molecule has 4 aromatic rings. The molecule has 1 fully saturated rings. The van der Waals surface area contributed by atoms with Crippen LogP contribution < -0.4 is 19.7 Å². The molecule has 230 valence electrons. The van der Waals surface area contributed by atoms with Crippen LogP contribution in [0.5, 0.6) is 11.5 Å². The van der Waals surface area contributed by atoms with Gasteiger partial charge in [-0.2, -0.15) is 0 Å². The number of carbonyl (C=O) groups is 3. The van der Waals surface area contributed by atoms with Crippen LogP contribution in [-0.2, 0) is 20.9 Å². The van der Waals surface area contributed by atoms with E-state index in [0.29, 0.717) is 33.8 Å². The van der Waals surface area contributed by atoms with Crippen LogP contribution in [0.4, 0.5) is 5.69 Å². The molecule has 1 N–H and O–H groups in total. The van der Waals surface area contributed by atoms with E-state index >= 15 is 0 Å². The highest BCUT2D eigenvalue weighted by Crippen LogP contribution is 2.35. The van der Waals surface area contributed by atoms with Crippen LogP contribution in [-0.4, -0.2) is 59.6 Å². The summed E-state index contributed by atoms with van der Waals surface area (Å²) in [7, 11) is 3.05. The number of anilines is 1. The van der Waals surface area contributed by atoms with Gasteiger partial charge in [0.1, 0.15) is 18.1 Å². The smallest absolute Gasteiger partial charge is 0.338 e. The Kier molecular flexibility index (Phi) is 9.73. The van der Waals surface area contributed by atoms with Gasteiger partial charge in [-0.1, -0.05) is 48.7 Å². The predicted octanol–water partition coefficient (Wildman–Crippen LogP) is 4.85. The van der Waals surface area contributed by atoms with Crippen molar-refractivity contribution in [2.24, 2.45) is 0 Å². The summed E-state index contributed by atoms with van der Waals surface area (Å²) in [5.74, 6) is -0.407. The molecule has 0 radical (unpaired) electrons. The van der Waals surface area contributed by atoms with Crippen molar-refractivity contribution >= 4 is 34.5 Å². The SMILES string of the molecule is CCOC(=O)c1cccc(N(C(=O)Cn2nnc3ccccc32)[C@H](C(=O)NC2CCCCC2)c2ccc(OC)c(OC)c2)c1. The van der Waals surface area contributed by atoms with E-state index in [9.17, 15) is 14.4 Å². The van der Waals surface area contributed by atoms with Crippen LogP contribution in [0.2, 0.25) is 0 Å². The van der Waals surface area contributed by atoms with Crippen molar-refractivity contribution in [3.05, 3.63) is 77.9 Å². The summed E-state index contributed by atoms with van der Waals surface area (Å²) >= 11 is 0. The van der Waals surface area contributed by atoms with Crippen LogP contribution in [0.15, 0.2) is 66.7 Å². The largest absolute Gasteiger partial charge is 0.493 e. The molecule has 0 unspecified atom stereocenters. The number of esters is 1. The number of fused-ring (bicyclic) bond motifs is 1. The number of para-hydroxylation sites is 1. The third-order valence-electron chi connectivity index (χ3n) is 7.79. The van der Waals surface area contributed by atoms with Crippen molar-refractivity contribution in [3.63, 3.8) is 0 Å². The molecule has 1 aliphatic carbocycles. The fourth-order valence-corrected chi connectivity index (χ4v) is 5.64. The van der Waals surface area contributed by atoms with E-state index in [0.717, 1.165) is 32.1 Å². The lowest BCUT2D eigenvalue weighted by atomic mass is 9.94. The third kappa shape index (κ3) is 6.66. The fraction of sp³-hybridized carbons (Fsp3) is 0.364. The van der Waals surface area contributed by atoms with Gasteiger partial charge >= 0.3 is 5.97 Å². The molecular formula is C33H37N5O6. The van der Waals surface area contributed by atoms with Gasteiger partial charge in [-0.25, -0.2) is 9.48 Å². The molecule has 1 atom stereocenters.